The van der Waals surface area contributed by atoms with Crippen LogP contribution in [0.3, 0.4) is 0 Å². The van der Waals surface area contributed by atoms with Gasteiger partial charge in [0.15, 0.2) is 5.76 Å². The number of nitrogens with one attached hydrogen (secondary N) is 1. The maximum atomic E-state index is 12.7. The molecule has 2 saturated heterocycles. The van der Waals surface area contributed by atoms with Gasteiger partial charge in [-0.3, -0.25) is 9.59 Å². The summed E-state index contributed by atoms with van der Waals surface area (Å²) in [4.78, 5) is 26.9. The summed E-state index contributed by atoms with van der Waals surface area (Å²) in [6.07, 6.45) is 4.66. The molecule has 0 spiro atoms. The summed E-state index contributed by atoms with van der Waals surface area (Å²) in [6, 6.07) is 9.37. The summed E-state index contributed by atoms with van der Waals surface area (Å²) in [5, 5.41) is 2.45. The first-order valence-electron chi connectivity index (χ1n) is 10.3. The largest absolute Gasteiger partial charge is 0.438 e. The van der Waals surface area contributed by atoms with Gasteiger partial charge in [0.2, 0.25) is 5.09 Å². The number of carbonyl (C=O) groups excluding carboxylic acids is 2. The molecule has 2 aliphatic rings. The minimum absolute atomic E-state index is 0.0588. The van der Waals surface area contributed by atoms with E-state index in [9.17, 15) is 18.0 Å². The lowest BCUT2D eigenvalue weighted by atomic mass is 10.1. The van der Waals surface area contributed by atoms with Crippen LogP contribution in [0.1, 0.15) is 53.0 Å². The number of nitrogens with zero attached hydrogens (tertiary/aromatic N) is 2. The molecule has 2 aliphatic heterocycles. The predicted molar refractivity (Wildman–Crippen MR) is 111 cm³/mol. The van der Waals surface area contributed by atoms with Crippen LogP contribution in [0.5, 0.6) is 0 Å². The lowest BCUT2D eigenvalue weighted by molar-refractivity contribution is 0.0792. The zero-order valence-corrected chi connectivity index (χ0v) is 17.5. The topological polar surface area (TPSA) is 99.9 Å². The summed E-state index contributed by atoms with van der Waals surface area (Å²) in [7, 11) is -3.74. The van der Waals surface area contributed by atoms with E-state index in [2.05, 4.69) is 5.32 Å². The second-order valence-electron chi connectivity index (χ2n) is 7.62. The quantitative estimate of drug-likeness (QED) is 0.785. The fraction of sp³-hybridized carbons (Fsp3) is 0.429. The molecule has 0 aliphatic carbocycles. The highest BCUT2D eigenvalue weighted by atomic mass is 32.2. The van der Waals surface area contributed by atoms with E-state index in [0.29, 0.717) is 24.3 Å². The van der Waals surface area contributed by atoms with Crippen LogP contribution in [0.25, 0.3) is 0 Å². The molecule has 0 unspecified atom stereocenters. The van der Waals surface area contributed by atoms with E-state index in [0.717, 1.165) is 45.2 Å². The van der Waals surface area contributed by atoms with Gasteiger partial charge in [0, 0.05) is 37.4 Å². The second-order valence-corrected chi connectivity index (χ2v) is 9.49. The number of amides is 2. The number of anilines is 1. The summed E-state index contributed by atoms with van der Waals surface area (Å²) in [5.74, 6) is -0.723. The van der Waals surface area contributed by atoms with E-state index in [-0.39, 0.29) is 16.8 Å². The van der Waals surface area contributed by atoms with Gasteiger partial charge in [-0.2, -0.15) is 4.31 Å². The first-order chi connectivity index (χ1) is 14.4. The van der Waals surface area contributed by atoms with Gasteiger partial charge in [-0.05, 0) is 56.0 Å². The van der Waals surface area contributed by atoms with Crippen LogP contribution in [0.2, 0.25) is 0 Å². The molecule has 2 amide bonds. The molecule has 1 aromatic carbocycles. The number of carbonyl (C=O) groups is 2. The lowest BCUT2D eigenvalue weighted by Crippen LogP contribution is -2.35. The number of furan rings is 1. The fourth-order valence-electron chi connectivity index (χ4n) is 3.84. The van der Waals surface area contributed by atoms with E-state index in [1.165, 1.54) is 16.4 Å². The Morgan fingerprint density at radius 1 is 0.900 bits per heavy atom. The molecular formula is C21H25N3O5S. The molecule has 30 heavy (non-hydrogen) atoms. The highest BCUT2D eigenvalue weighted by Gasteiger charge is 2.29. The minimum Gasteiger partial charge on any atom is -0.438 e. The summed E-state index contributed by atoms with van der Waals surface area (Å²) >= 11 is 0. The minimum atomic E-state index is -3.74. The monoisotopic (exact) mass is 431 g/mol. The molecule has 3 heterocycles. The van der Waals surface area contributed by atoms with Crippen molar-refractivity contribution in [1.29, 1.82) is 0 Å². The Labute approximate surface area is 175 Å². The highest BCUT2D eigenvalue weighted by molar-refractivity contribution is 7.89. The molecule has 1 aromatic heterocycles. The number of hydrogen-bond acceptors (Lipinski definition) is 5. The van der Waals surface area contributed by atoms with Crippen LogP contribution < -0.4 is 5.32 Å². The van der Waals surface area contributed by atoms with E-state index < -0.39 is 15.9 Å². The Morgan fingerprint density at radius 2 is 1.60 bits per heavy atom. The standard InChI is InChI=1S/C21H25N3O5S/c25-20(18-9-10-19(29-18)30(27,28)24-13-2-1-3-14-24)22-17-8-6-7-16(15-17)21(26)23-11-4-5-12-23/h6-10,15H,1-5,11-14H2,(H,22,25). The van der Waals surface area contributed by atoms with E-state index >= 15 is 0 Å². The zero-order valence-electron chi connectivity index (χ0n) is 16.7. The van der Waals surface area contributed by atoms with Crippen molar-refractivity contribution in [3.63, 3.8) is 0 Å². The smallest absolute Gasteiger partial charge is 0.291 e. The van der Waals surface area contributed by atoms with Gasteiger partial charge in [-0.25, -0.2) is 8.42 Å². The van der Waals surface area contributed by atoms with Crippen molar-refractivity contribution >= 4 is 27.5 Å². The predicted octanol–water partition coefficient (Wildman–Crippen LogP) is 2.94. The van der Waals surface area contributed by atoms with Gasteiger partial charge in [-0.1, -0.05) is 12.5 Å². The lowest BCUT2D eigenvalue weighted by Gasteiger charge is -2.24. The molecular weight excluding hydrogens is 406 g/mol. The van der Waals surface area contributed by atoms with E-state index in [1.54, 1.807) is 29.2 Å². The Bertz CT molecular complexity index is 1030. The Morgan fingerprint density at radius 3 is 2.33 bits per heavy atom. The third-order valence-corrected chi connectivity index (χ3v) is 7.25. The summed E-state index contributed by atoms with van der Waals surface area (Å²) < 4.78 is 32.1. The number of piperidine rings is 1. The molecule has 4 rings (SSSR count). The molecule has 0 bridgehead atoms. The SMILES string of the molecule is O=C(Nc1cccc(C(=O)N2CCCC2)c1)c1ccc(S(=O)(=O)N2CCCCC2)o1. The number of rotatable bonds is 5. The molecule has 8 nitrogen and oxygen atoms in total. The third kappa shape index (κ3) is 4.27. The average Bonchev–Trinajstić information content (AvgIpc) is 3.47. The van der Waals surface area contributed by atoms with Gasteiger partial charge in [0.05, 0.1) is 0 Å². The molecule has 0 radical (unpaired) electrons. The molecule has 0 atom stereocenters. The van der Waals surface area contributed by atoms with Gasteiger partial charge in [0.25, 0.3) is 21.8 Å². The van der Waals surface area contributed by atoms with Gasteiger partial charge in [0.1, 0.15) is 0 Å². The fourth-order valence-corrected chi connectivity index (χ4v) is 5.27. The molecule has 2 fully saturated rings. The first kappa shape index (κ1) is 20.6. The van der Waals surface area contributed by atoms with Crippen LogP contribution in [0.4, 0.5) is 5.69 Å². The van der Waals surface area contributed by atoms with Crippen molar-refractivity contribution in [3.05, 3.63) is 47.7 Å². The van der Waals surface area contributed by atoms with Crippen molar-refractivity contribution in [2.24, 2.45) is 0 Å². The molecule has 2 aromatic rings. The number of hydrogen-bond donors (Lipinski definition) is 1. The van der Waals surface area contributed by atoms with Crippen molar-refractivity contribution in [3.8, 4) is 0 Å². The van der Waals surface area contributed by atoms with Crippen molar-refractivity contribution < 1.29 is 22.4 Å². The van der Waals surface area contributed by atoms with Crippen LogP contribution in [0, 0.1) is 0 Å². The van der Waals surface area contributed by atoms with Gasteiger partial charge < -0.3 is 14.6 Å². The summed E-state index contributed by atoms with van der Waals surface area (Å²) in [5.41, 5.74) is 0.949. The molecule has 1 N–H and O–H groups in total. The van der Waals surface area contributed by atoms with E-state index in [1.807, 2.05) is 0 Å². The van der Waals surface area contributed by atoms with Crippen LogP contribution in [-0.4, -0.2) is 55.6 Å². The van der Waals surface area contributed by atoms with Gasteiger partial charge in [-0.15, -0.1) is 0 Å². The number of benzene rings is 1. The average molecular weight is 432 g/mol. The first-order valence-corrected chi connectivity index (χ1v) is 11.7. The maximum absolute atomic E-state index is 12.7. The number of sulfonamides is 1. The zero-order chi connectivity index (χ0) is 21.1. The maximum Gasteiger partial charge on any atom is 0.291 e. The number of likely N-dealkylation sites (tertiary alicyclic amines) is 1. The molecule has 0 saturated carbocycles. The second kappa shape index (κ2) is 8.61. The Hall–Kier alpha value is -2.65. The summed E-state index contributed by atoms with van der Waals surface area (Å²) in [6.45, 7) is 2.41. The van der Waals surface area contributed by atoms with Crippen molar-refractivity contribution in [1.82, 2.24) is 9.21 Å². The van der Waals surface area contributed by atoms with Crippen LogP contribution in [0.15, 0.2) is 45.9 Å². The van der Waals surface area contributed by atoms with Gasteiger partial charge >= 0.3 is 0 Å². The van der Waals surface area contributed by atoms with E-state index in [4.69, 9.17) is 4.42 Å². The molecule has 160 valence electrons. The molecule has 9 heteroatoms. The highest BCUT2D eigenvalue weighted by Crippen LogP contribution is 2.23. The van der Waals surface area contributed by atoms with Crippen molar-refractivity contribution in [2.45, 2.75) is 37.2 Å². The third-order valence-electron chi connectivity index (χ3n) is 5.47. The van der Waals surface area contributed by atoms with Crippen LogP contribution >= 0.6 is 0 Å². The Balaban J connectivity index is 1.46. The van der Waals surface area contributed by atoms with Crippen molar-refractivity contribution in [2.75, 3.05) is 31.5 Å². The van der Waals surface area contributed by atoms with Crippen LogP contribution in [-0.2, 0) is 10.0 Å². The normalized spacial score (nSPS) is 17.8. The Kier molecular flexibility index (Phi) is 5.92.